The van der Waals surface area contributed by atoms with Gasteiger partial charge in [0.15, 0.2) is 0 Å². The molecule has 2 N–H and O–H groups in total. The Balaban J connectivity index is 2.30. The van der Waals surface area contributed by atoms with Crippen LogP contribution in [0.15, 0.2) is 18.2 Å². The van der Waals surface area contributed by atoms with E-state index in [0.717, 1.165) is 13.0 Å². The second-order valence-corrected chi connectivity index (χ2v) is 6.25. The first-order chi connectivity index (χ1) is 10.1. The third-order valence-electron chi connectivity index (χ3n) is 4.98. The molecular weight excluding hydrogens is 258 g/mol. The summed E-state index contributed by atoms with van der Waals surface area (Å²) in [6.07, 6.45) is 3.61. The van der Waals surface area contributed by atoms with Crippen molar-refractivity contribution < 1.29 is 0 Å². The fraction of sp³-hybridized carbons (Fsp3) is 0.667. The monoisotopic (exact) mass is 289 g/mol. The van der Waals surface area contributed by atoms with Crippen LogP contribution in [0, 0.1) is 0 Å². The number of anilines is 1. The summed E-state index contributed by atoms with van der Waals surface area (Å²) in [4.78, 5) is 4.90. The first kappa shape index (κ1) is 16.3. The average molecular weight is 289 g/mol. The van der Waals surface area contributed by atoms with Crippen molar-refractivity contribution in [3.05, 3.63) is 29.3 Å². The molecule has 0 aliphatic carbocycles. The molecule has 3 heteroatoms. The lowest BCUT2D eigenvalue weighted by molar-refractivity contribution is 0.152. The third kappa shape index (κ3) is 3.41. The molecule has 0 amide bonds. The van der Waals surface area contributed by atoms with Crippen molar-refractivity contribution >= 4 is 5.69 Å². The molecule has 1 aliphatic rings. The van der Waals surface area contributed by atoms with Gasteiger partial charge in [-0.2, -0.15) is 0 Å². The molecule has 2 rings (SSSR count). The van der Waals surface area contributed by atoms with Crippen molar-refractivity contribution in [1.29, 1.82) is 0 Å². The zero-order valence-corrected chi connectivity index (χ0v) is 14.1. The largest absolute Gasteiger partial charge is 0.374 e. The molecule has 0 fully saturated rings. The minimum Gasteiger partial charge on any atom is -0.374 e. The highest BCUT2D eigenvalue weighted by atomic mass is 15.2. The Bertz CT molecular complexity index is 458. The van der Waals surface area contributed by atoms with Gasteiger partial charge in [-0.1, -0.05) is 26.0 Å². The van der Waals surface area contributed by atoms with Crippen LogP contribution < -0.4 is 10.6 Å². The summed E-state index contributed by atoms with van der Waals surface area (Å²) in [6.45, 7) is 9.70. The minimum atomic E-state index is 0.336. The number of aryl methyl sites for hydroxylation is 1. The van der Waals surface area contributed by atoms with Gasteiger partial charge in [0.25, 0.3) is 0 Å². The van der Waals surface area contributed by atoms with Gasteiger partial charge < -0.3 is 10.6 Å². The fourth-order valence-electron chi connectivity index (χ4n) is 3.55. The third-order valence-corrected chi connectivity index (χ3v) is 4.98. The predicted octanol–water partition coefficient (Wildman–Crippen LogP) is 3.19. The Morgan fingerprint density at radius 1 is 1.33 bits per heavy atom. The van der Waals surface area contributed by atoms with Gasteiger partial charge in [-0.3, -0.25) is 4.90 Å². The van der Waals surface area contributed by atoms with Gasteiger partial charge in [0.2, 0.25) is 0 Å². The molecule has 21 heavy (non-hydrogen) atoms. The molecule has 2 atom stereocenters. The number of benzene rings is 1. The number of fused-ring (bicyclic) bond motifs is 1. The van der Waals surface area contributed by atoms with Crippen LogP contribution in [-0.4, -0.2) is 37.6 Å². The van der Waals surface area contributed by atoms with E-state index in [0.29, 0.717) is 18.6 Å². The molecule has 1 aromatic rings. The van der Waals surface area contributed by atoms with E-state index in [2.05, 4.69) is 55.8 Å². The van der Waals surface area contributed by atoms with Crippen LogP contribution in [0.2, 0.25) is 0 Å². The summed E-state index contributed by atoms with van der Waals surface area (Å²) in [6, 6.07) is 7.87. The van der Waals surface area contributed by atoms with Crippen LogP contribution in [0.4, 0.5) is 5.69 Å². The number of nitrogens with zero attached hydrogens (tertiary/aromatic N) is 2. The second-order valence-electron chi connectivity index (χ2n) is 6.25. The zero-order chi connectivity index (χ0) is 15.4. The first-order valence-corrected chi connectivity index (χ1v) is 8.42. The molecule has 1 aliphatic heterocycles. The number of likely N-dealkylation sites (N-methyl/N-ethyl adjacent to an activating group) is 1. The molecule has 1 aromatic carbocycles. The molecule has 118 valence electrons. The minimum absolute atomic E-state index is 0.336. The number of rotatable bonds is 6. The molecule has 0 radical (unpaired) electrons. The maximum absolute atomic E-state index is 6.13. The second kappa shape index (κ2) is 7.28. The molecule has 1 heterocycles. The standard InChI is InChI=1S/C18H31N3/c1-5-14(3)21(6-2)18(13-19)16-9-10-17-15(12-16)8-7-11-20(17)4/h9-10,12,14,18H,5-8,11,13,19H2,1-4H3. The summed E-state index contributed by atoms with van der Waals surface area (Å²) in [5.74, 6) is 0. The van der Waals surface area contributed by atoms with Crippen LogP contribution in [0.5, 0.6) is 0 Å². The van der Waals surface area contributed by atoms with Crippen LogP contribution in [-0.2, 0) is 6.42 Å². The van der Waals surface area contributed by atoms with Gasteiger partial charge in [0.05, 0.1) is 0 Å². The van der Waals surface area contributed by atoms with Gasteiger partial charge in [-0.05, 0) is 49.9 Å². The summed E-state index contributed by atoms with van der Waals surface area (Å²) < 4.78 is 0. The molecule has 0 saturated carbocycles. The Morgan fingerprint density at radius 3 is 2.71 bits per heavy atom. The quantitative estimate of drug-likeness (QED) is 0.873. The topological polar surface area (TPSA) is 32.5 Å². The Kier molecular flexibility index (Phi) is 5.65. The average Bonchev–Trinajstić information content (AvgIpc) is 2.51. The predicted molar refractivity (Wildman–Crippen MR) is 92.0 cm³/mol. The molecule has 0 bridgehead atoms. The van der Waals surface area contributed by atoms with Crippen LogP contribution in [0.1, 0.15) is 50.8 Å². The molecule has 3 nitrogen and oxygen atoms in total. The van der Waals surface area contributed by atoms with Crippen molar-refractivity contribution in [2.24, 2.45) is 5.73 Å². The smallest absolute Gasteiger partial charge is 0.0473 e. The molecule has 2 unspecified atom stereocenters. The molecule has 0 saturated heterocycles. The number of hydrogen-bond donors (Lipinski definition) is 1. The van der Waals surface area contributed by atoms with E-state index in [-0.39, 0.29) is 0 Å². The lowest BCUT2D eigenvalue weighted by Gasteiger charge is -2.36. The number of nitrogens with two attached hydrogens (primary N) is 1. The van der Waals surface area contributed by atoms with Crippen molar-refractivity contribution in [2.45, 2.75) is 52.1 Å². The highest BCUT2D eigenvalue weighted by Crippen LogP contribution is 2.31. The van der Waals surface area contributed by atoms with Crippen LogP contribution >= 0.6 is 0 Å². The fourth-order valence-corrected chi connectivity index (χ4v) is 3.55. The summed E-state index contributed by atoms with van der Waals surface area (Å²) in [5.41, 5.74) is 10.4. The van der Waals surface area contributed by atoms with Crippen molar-refractivity contribution in [2.75, 3.05) is 31.6 Å². The Labute approximate surface area is 130 Å². The van der Waals surface area contributed by atoms with Crippen molar-refractivity contribution in [3.8, 4) is 0 Å². The van der Waals surface area contributed by atoms with E-state index in [9.17, 15) is 0 Å². The van der Waals surface area contributed by atoms with Crippen molar-refractivity contribution in [1.82, 2.24) is 4.90 Å². The van der Waals surface area contributed by atoms with E-state index in [4.69, 9.17) is 5.73 Å². The maximum Gasteiger partial charge on any atom is 0.0473 e. The van der Waals surface area contributed by atoms with Gasteiger partial charge in [0.1, 0.15) is 0 Å². The Hall–Kier alpha value is -1.06. The van der Waals surface area contributed by atoms with Gasteiger partial charge >= 0.3 is 0 Å². The van der Waals surface area contributed by atoms with E-state index in [1.807, 2.05) is 0 Å². The first-order valence-electron chi connectivity index (χ1n) is 8.42. The normalized spacial score (nSPS) is 17.7. The SMILES string of the molecule is CCC(C)N(CC)C(CN)c1ccc2c(c1)CCCN2C. The summed E-state index contributed by atoms with van der Waals surface area (Å²) in [7, 11) is 2.19. The van der Waals surface area contributed by atoms with E-state index >= 15 is 0 Å². The molecular formula is C18H31N3. The summed E-state index contributed by atoms with van der Waals surface area (Å²) >= 11 is 0. The van der Waals surface area contributed by atoms with Gasteiger partial charge in [-0.25, -0.2) is 0 Å². The van der Waals surface area contributed by atoms with E-state index in [1.54, 1.807) is 0 Å². The van der Waals surface area contributed by atoms with Gasteiger partial charge in [-0.15, -0.1) is 0 Å². The van der Waals surface area contributed by atoms with Crippen molar-refractivity contribution in [3.63, 3.8) is 0 Å². The molecule has 0 aromatic heterocycles. The van der Waals surface area contributed by atoms with Gasteiger partial charge in [0, 0.05) is 37.9 Å². The van der Waals surface area contributed by atoms with E-state index < -0.39 is 0 Å². The van der Waals surface area contributed by atoms with Crippen LogP contribution in [0.3, 0.4) is 0 Å². The lowest BCUT2D eigenvalue weighted by Crippen LogP contribution is -2.39. The lowest BCUT2D eigenvalue weighted by atomic mass is 9.95. The number of hydrogen-bond acceptors (Lipinski definition) is 3. The Morgan fingerprint density at radius 2 is 2.10 bits per heavy atom. The maximum atomic E-state index is 6.13. The molecule has 0 spiro atoms. The highest BCUT2D eigenvalue weighted by molar-refractivity contribution is 5.56. The summed E-state index contributed by atoms with van der Waals surface area (Å²) in [5, 5.41) is 0. The zero-order valence-electron chi connectivity index (χ0n) is 14.1. The highest BCUT2D eigenvalue weighted by Gasteiger charge is 2.23. The van der Waals surface area contributed by atoms with Crippen LogP contribution in [0.25, 0.3) is 0 Å². The van der Waals surface area contributed by atoms with E-state index in [1.165, 1.54) is 36.2 Å².